The standard InChI is InChI=1S/C16H15F3N2OS/c17-10-5-6-11(16(19)15(10)18)20-14(22)9-21-7-1-3-12(21)13-4-2-8-23-13/h2,4-6,8,12H,1,3,7,9H2,(H,20,22)/p+1/t12-/m1/s1. The fourth-order valence-corrected chi connectivity index (χ4v) is 3.90. The lowest BCUT2D eigenvalue weighted by Crippen LogP contribution is -3.11. The van der Waals surface area contributed by atoms with Gasteiger partial charge in [0.1, 0.15) is 6.04 Å². The van der Waals surface area contributed by atoms with E-state index in [-0.39, 0.29) is 18.3 Å². The third-order valence-electron chi connectivity index (χ3n) is 4.07. The van der Waals surface area contributed by atoms with E-state index < -0.39 is 23.4 Å². The molecule has 0 aliphatic carbocycles. The van der Waals surface area contributed by atoms with Gasteiger partial charge in [0.05, 0.1) is 17.1 Å². The Morgan fingerprint density at radius 3 is 2.83 bits per heavy atom. The van der Waals surface area contributed by atoms with Crippen LogP contribution in [0.4, 0.5) is 18.9 Å². The second-order valence-electron chi connectivity index (χ2n) is 5.57. The van der Waals surface area contributed by atoms with Crippen LogP contribution in [0.1, 0.15) is 23.8 Å². The number of hydrogen-bond acceptors (Lipinski definition) is 2. The summed E-state index contributed by atoms with van der Waals surface area (Å²) < 4.78 is 39.7. The molecule has 7 heteroatoms. The van der Waals surface area contributed by atoms with Crippen molar-refractivity contribution in [3.8, 4) is 0 Å². The van der Waals surface area contributed by atoms with E-state index in [1.54, 1.807) is 11.3 Å². The maximum absolute atomic E-state index is 13.6. The molecular weight excluding hydrogens is 325 g/mol. The highest BCUT2D eigenvalue weighted by atomic mass is 32.1. The molecule has 1 amide bonds. The normalized spacial score (nSPS) is 20.7. The predicted octanol–water partition coefficient (Wildman–Crippen LogP) is 2.52. The van der Waals surface area contributed by atoms with Gasteiger partial charge in [0.25, 0.3) is 5.91 Å². The number of nitrogens with one attached hydrogen (secondary N) is 2. The number of benzene rings is 1. The molecule has 1 fully saturated rings. The zero-order valence-corrected chi connectivity index (χ0v) is 13.1. The summed E-state index contributed by atoms with van der Waals surface area (Å²) >= 11 is 1.66. The van der Waals surface area contributed by atoms with Crippen molar-refractivity contribution >= 4 is 22.9 Å². The third kappa shape index (κ3) is 3.40. The second-order valence-corrected chi connectivity index (χ2v) is 6.55. The maximum Gasteiger partial charge on any atom is 0.279 e. The zero-order chi connectivity index (χ0) is 16.4. The molecule has 2 atom stereocenters. The van der Waals surface area contributed by atoms with E-state index in [1.165, 1.54) is 4.88 Å². The summed E-state index contributed by atoms with van der Waals surface area (Å²) in [6.07, 6.45) is 2.02. The minimum Gasteiger partial charge on any atom is -0.320 e. The van der Waals surface area contributed by atoms with Gasteiger partial charge in [0, 0.05) is 12.8 Å². The molecule has 0 spiro atoms. The average Bonchev–Trinajstić information content (AvgIpc) is 3.18. The molecule has 0 saturated carbocycles. The number of likely N-dealkylation sites (tertiary alicyclic amines) is 1. The van der Waals surface area contributed by atoms with E-state index in [4.69, 9.17) is 0 Å². The Kier molecular flexibility index (Phi) is 4.68. The second kappa shape index (κ2) is 6.72. The van der Waals surface area contributed by atoms with Crippen molar-refractivity contribution in [3.05, 3.63) is 52.0 Å². The summed E-state index contributed by atoms with van der Waals surface area (Å²) in [7, 11) is 0. The molecule has 1 unspecified atom stereocenters. The molecule has 1 aromatic carbocycles. The highest BCUT2D eigenvalue weighted by molar-refractivity contribution is 7.10. The summed E-state index contributed by atoms with van der Waals surface area (Å²) in [5, 5.41) is 4.33. The van der Waals surface area contributed by atoms with Crippen LogP contribution < -0.4 is 10.2 Å². The summed E-state index contributed by atoms with van der Waals surface area (Å²) in [5.41, 5.74) is -0.333. The van der Waals surface area contributed by atoms with Crippen LogP contribution in [0.3, 0.4) is 0 Å². The Balaban J connectivity index is 1.67. The Morgan fingerprint density at radius 1 is 1.26 bits per heavy atom. The van der Waals surface area contributed by atoms with E-state index in [0.29, 0.717) is 0 Å². The molecule has 23 heavy (non-hydrogen) atoms. The molecule has 0 radical (unpaired) electrons. The van der Waals surface area contributed by atoms with Gasteiger partial charge < -0.3 is 10.2 Å². The van der Waals surface area contributed by atoms with Crippen molar-refractivity contribution in [1.82, 2.24) is 0 Å². The fraction of sp³-hybridized carbons (Fsp3) is 0.312. The first-order chi connectivity index (χ1) is 11.1. The Labute approximate surface area is 135 Å². The minimum absolute atomic E-state index is 0.168. The van der Waals surface area contributed by atoms with Gasteiger partial charge >= 0.3 is 0 Å². The molecule has 2 N–H and O–H groups in total. The van der Waals surface area contributed by atoms with Gasteiger partial charge in [0.15, 0.2) is 24.0 Å². The Morgan fingerprint density at radius 2 is 2.09 bits per heavy atom. The SMILES string of the molecule is O=C(C[NH+]1CCC[C@@H]1c1cccs1)Nc1ccc(F)c(F)c1F. The van der Waals surface area contributed by atoms with Gasteiger partial charge in [-0.15, -0.1) is 11.3 Å². The quantitative estimate of drug-likeness (QED) is 0.824. The molecular formula is C16H16F3N2OS+. The van der Waals surface area contributed by atoms with E-state index in [0.717, 1.165) is 36.4 Å². The lowest BCUT2D eigenvalue weighted by atomic mass is 10.2. The molecule has 3 nitrogen and oxygen atoms in total. The number of hydrogen-bond donors (Lipinski definition) is 2. The van der Waals surface area contributed by atoms with Crippen molar-refractivity contribution < 1.29 is 22.9 Å². The van der Waals surface area contributed by atoms with Crippen LogP contribution in [0.5, 0.6) is 0 Å². The fourth-order valence-electron chi connectivity index (χ4n) is 2.98. The minimum atomic E-state index is -1.58. The zero-order valence-electron chi connectivity index (χ0n) is 12.2. The molecule has 1 aliphatic heterocycles. The smallest absolute Gasteiger partial charge is 0.279 e. The Hall–Kier alpha value is -1.86. The van der Waals surface area contributed by atoms with Crippen LogP contribution in [0.25, 0.3) is 0 Å². The number of halogens is 3. The van der Waals surface area contributed by atoms with E-state index >= 15 is 0 Å². The van der Waals surface area contributed by atoms with Crippen molar-refractivity contribution in [1.29, 1.82) is 0 Å². The number of carbonyl (C=O) groups is 1. The van der Waals surface area contributed by atoms with Gasteiger partial charge in [0.2, 0.25) is 0 Å². The number of quaternary nitrogens is 1. The first-order valence-corrected chi connectivity index (χ1v) is 8.25. The van der Waals surface area contributed by atoms with E-state index in [2.05, 4.69) is 5.32 Å². The summed E-state index contributed by atoms with van der Waals surface area (Å²) in [4.78, 5) is 14.5. The summed E-state index contributed by atoms with van der Waals surface area (Å²) in [5.74, 6) is -4.63. The first kappa shape index (κ1) is 16.0. The molecule has 1 aliphatic rings. The molecule has 0 bridgehead atoms. The van der Waals surface area contributed by atoms with Gasteiger partial charge in [-0.3, -0.25) is 4.79 Å². The molecule has 1 aromatic heterocycles. The van der Waals surface area contributed by atoms with Crippen molar-refractivity contribution in [2.75, 3.05) is 18.4 Å². The summed E-state index contributed by atoms with van der Waals surface area (Å²) in [6, 6.07) is 6.11. The van der Waals surface area contributed by atoms with Crippen LogP contribution >= 0.6 is 11.3 Å². The van der Waals surface area contributed by atoms with Gasteiger partial charge in [-0.05, 0) is 23.6 Å². The van der Waals surface area contributed by atoms with Crippen LogP contribution in [0.2, 0.25) is 0 Å². The van der Waals surface area contributed by atoms with Crippen LogP contribution in [-0.2, 0) is 4.79 Å². The Bertz CT molecular complexity index is 706. The lowest BCUT2D eigenvalue weighted by Gasteiger charge is -2.20. The lowest BCUT2D eigenvalue weighted by molar-refractivity contribution is -0.910. The van der Waals surface area contributed by atoms with Gasteiger partial charge in [-0.2, -0.15) is 0 Å². The first-order valence-electron chi connectivity index (χ1n) is 7.37. The molecule has 2 heterocycles. The number of thiophene rings is 1. The predicted molar refractivity (Wildman–Crippen MR) is 81.9 cm³/mol. The largest absolute Gasteiger partial charge is 0.320 e. The van der Waals surface area contributed by atoms with Gasteiger partial charge in [-0.25, -0.2) is 13.2 Å². The number of carbonyl (C=O) groups excluding carboxylic acids is 1. The monoisotopic (exact) mass is 341 g/mol. The molecule has 3 rings (SSSR count). The highest BCUT2D eigenvalue weighted by Gasteiger charge is 2.32. The van der Waals surface area contributed by atoms with Crippen molar-refractivity contribution in [2.45, 2.75) is 18.9 Å². The third-order valence-corrected chi connectivity index (χ3v) is 5.05. The molecule has 122 valence electrons. The maximum atomic E-state index is 13.6. The molecule has 1 saturated heterocycles. The van der Waals surface area contributed by atoms with Crippen LogP contribution in [-0.4, -0.2) is 19.0 Å². The summed E-state index contributed by atoms with van der Waals surface area (Å²) in [6.45, 7) is 1.03. The van der Waals surface area contributed by atoms with Crippen LogP contribution in [0.15, 0.2) is 29.6 Å². The average molecular weight is 341 g/mol. The van der Waals surface area contributed by atoms with Crippen molar-refractivity contribution in [3.63, 3.8) is 0 Å². The van der Waals surface area contributed by atoms with E-state index in [1.807, 2.05) is 17.5 Å². The number of rotatable bonds is 4. The number of amides is 1. The number of anilines is 1. The van der Waals surface area contributed by atoms with E-state index in [9.17, 15) is 18.0 Å². The van der Waals surface area contributed by atoms with Crippen molar-refractivity contribution in [2.24, 2.45) is 0 Å². The topological polar surface area (TPSA) is 33.5 Å². The molecule has 2 aromatic rings. The highest BCUT2D eigenvalue weighted by Crippen LogP contribution is 2.23. The van der Waals surface area contributed by atoms with Crippen LogP contribution in [0, 0.1) is 17.5 Å². The van der Waals surface area contributed by atoms with Gasteiger partial charge in [-0.1, -0.05) is 6.07 Å².